The number of benzene rings is 1. The van der Waals surface area contributed by atoms with Gasteiger partial charge in [-0.2, -0.15) is 5.10 Å². The number of nitrogens with zero attached hydrogens (tertiary/aromatic N) is 4. The number of fused-ring (bicyclic) bond motifs is 1. The number of aromatic nitrogens is 5. The van der Waals surface area contributed by atoms with Crippen LogP contribution in [0.15, 0.2) is 55.0 Å². The Kier molecular flexibility index (Phi) is 3.49. The van der Waals surface area contributed by atoms with Gasteiger partial charge in [0.05, 0.1) is 11.7 Å². The summed E-state index contributed by atoms with van der Waals surface area (Å²) >= 11 is 0. The highest BCUT2D eigenvalue weighted by Crippen LogP contribution is 2.21. The van der Waals surface area contributed by atoms with Crippen molar-refractivity contribution in [3.63, 3.8) is 0 Å². The second kappa shape index (κ2) is 5.94. The lowest BCUT2D eigenvalue weighted by molar-refractivity contribution is 1.08. The number of rotatable bonds is 1. The Morgan fingerprint density at radius 1 is 1.00 bits per heavy atom. The van der Waals surface area contributed by atoms with E-state index in [1.54, 1.807) is 18.6 Å². The molecule has 0 unspecified atom stereocenters. The molecule has 5 heteroatoms. The Morgan fingerprint density at radius 3 is 2.83 bits per heavy atom. The predicted octanol–water partition coefficient (Wildman–Crippen LogP) is 3.12. The minimum absolute atomic E-state index is 0.679. The molecule has 0 aliphatic carbocycles. The molecule has 0 aliphatic rings. The molecule has 5 nitrogen and oxygen atoms in total. The highest BCUT2D eigenvalue weighted by atomic mass is 15.1. The lowest BCUT2D eigenvalue weighted by Gasteiger charge is -2.05. The molecular formula is C19H13N5. The van der Waals surface area contributed by atoms with Crippen molar-refractivity contribution in [2.75, 3.05) is 0 Å². The number of pyridine rings is 1. The number of hydrogen-bond donors (Lipinski definition) is 1. The van der Waals surface area contributed by atoms with Crippen molar-refractivity contribution >= 4 is 10.9 Å². The quantitative estimate of drug-likeness (QED) is 0.548. The van der Waals surface area contributed by atoms with Gasteiger partial charge in [0.1, 0.15) is 5.69 Å². The SMILES string of the molecule is Cc1nc(-c2cccc(C#Cc3ccn[nH]3)c2)nc2cnccc12. The second-order valence-electron chi connectivity index (χ2n) is 5.33. The third kappa shape index (κ3) is 2.73. The first-order valence-electron chi connectivity index (χ1n) is 7.50. The lowest BCUT2D eigenvalue weighted by atomic mass is 10.1. The zero-order valence-electron chi connectivity index (χ0n) is 13.0. The van der Waals surface area contributed by atoms with E-state index in [4.69, 9.17) is 0 Å². The first kappa shape index (κ1) is 14.1. The predicted molar refractivity (Wildman–Crippen MR) is 92.1 cm³/mol. The van der Waals surface area contributed by atoms with Crippen molar-refractivity contribution in [3.05, 3.63) is 71.9 Å². The Hall–Kier alpha value is -3.52. The van der Waals surface area contributed by atoms with Gasteiger partial charge in [0.15, 0.2) is 5.82 Å². The zero-order valence-corrected chi connectivity index (χ0v) is 13.0. The van der Waals surface area contributed by atoms with Crippen LogP contribution >= 0.6 is 0 Å². The van der Waals surface area contributed by atoms with E-state index in [-0.39, 0.29) is 0 Å². The molecule has 4 rings (SSSR count). The summed E-state index contributed by atoms with van der Waals surface area (Å²) in [6, 6.07) is 11.7. The smallest absolute Gasteiger partial charge is 0.160 e. The van der Waals surface area contributed by atoms with Gasteiger partial charge in [0, 0.05) is 34.6 Å². The van der Waals surface area contributed by atoms with Crippen LogP contribution in [0.5, 0.6) is 0 Å². The first-order valence-corrected chi connectivity index (χ1v) is 7.50. The van der Waals surface area contributed by atoms with Crippen molar-refractivity contribution in [2.45, 2.75) is 6.92 Å². The minimum Gasteiger partial charge on any atom is -0.270 e. The molecular weight excluding hydrogens is 298 g/mol. The Balaban J connectivity index is 1.76. The molecule has 114 valence electrons. The first-order chi connectivity index (χ1) is 11.8. The molecule has 0 saturated heterocycles. The van der Waals surface area contributed by atoms with E-state index in [1.807, 2.05) is 43.3 Å². The highest BCUT2D eigenvalue weighted by Gasteiger charge is 2.07. The van der Waals surface area contributed by atoms with E-state index in [0.717, 1.165) is 33.4 Å². The van der Waals surface area contributed by atoms with Crippen LogP contribution in [0.3, 0.4) is 0 Å². The molecule has 0 radical (unpaired) electrons. The molecule has 4 aromatic rings. The van der Waals surface area contributed by atoms with Gasteiger partial charge in [0.2, 0.25) is 0 Å². The summed E-state index contributed by atoms with van der Waals surface area (Å²) in [6.45, 7) is 1.98. The van der Waals surface area contributed by atoms with Crippen molar-refractivity contribution in [2.24, 2.45) is 0 Å². The van der Waals surface area contributed by atoms with Gasteiger partial charge in [-0.05, 0) is 37.1 Å². The second-order valence-corrected chi connectivity index (χ2v) is 5.33. The molecule has 0 atom stereocenters. The van der Waals surface area contributed by atoms with Crippen LogP contribution < -0.4 is 0 Å². The van der Waals surface area contributed by atoms with Gasteiger partial charge in [-0.3, -0.25) is 10.1 Å². The average molecular weight is 311 g/mol. The summed E-state index contributed by atoms with van der Waals surface area (Å²) in [5.74, 6) is 6.84. The molecule has 1 N–H and O–H groups in total. The van der Waals surface area contributed by atoms with Gasteiger partial charge >= 0.3 is 0 Å². The van der Waals surface area contributed by atoms with Gasteiger partial charge in [-0.25, -0.2) is 9.97 Å². The summed E-state index contributed by atoms with van der Waals surface area (Å²) in [6.07, 6.45) is 5.19. The van der Waals surface area contributed by atoms with Gasteiger partial charge in [-0.15, -0.1) is 0 Å². The molecule has 0 fully saturated rings. The van der Waals surface area contributed by atoms with Crippen LogP contribution in [0.4, 0.5) is 0 Å². The van der Waals surface area contributed by atoms with Gasteiger partial charge < -0.3 is 0 Å². The molecule has 0 bridgehead atoms. The molecule has 0 amide bonds. The average Bonchev–Trinajstić information content (AvgIpc) is 3.14. The number of H-pyrrole nitrogens is 1. The maximum absolute atomic E-state index is 4.62. The van der Waals surface area contributed by atoms with E-state index in [9.17, 15) is 0 Å². The number of nitrogens with one attached hydrogen (secondary N) is 1. The van der Waals surface area contributed by atoms with Crippen molar-refractivity contribution in [1.29, 1.82) is 0 Å². The summed E-state index contributed by atoms with van der Waals surface area (Å²) in [4.78, 5) is 13.4. The Bertz CT molecular complexity index is 1070. The lowest BCUT2D eigenvalue weighted by Crippen LogP contribution is -1.95. The normalized spacial score (nSPS) is 10.4. The third-order valence-electron chi connectivity index (χ3n) is 3.65. The maximum Gasteiger partial charge on any atom is 0.160 e. The summed E-state index contributed by atoms with van der Waals surface area (Å²) in [5.41, 5.74) is 4.39. The van der Waals surface area contributed by atoms with Gasteiger partial charge in [-0.1, -0.05) is 18.1 Å². The molecule has 3 aromatic heterocycles. The topological polar surface area (TPSA) is 67.3 Å². The van der Waals surface area contributed by atoms with Crippen LogP contribution in [-0.4, -0.2) is 25.1 Å². The fourth-order valence-electron chi connectivity index (χ4n) is 2.47. The van der Waals surface area contributed by atoms with Crippen molar-refractivity contribution in [3.8, 4) is 23.2 Å². The zero-order chi connectivity index (χ0) is 16.4. The summed E-state index contributed by atoms with van der Waals surface area (Å²) in [7, 11) is 0. The summed E-state index contributed by atoms with van der Waals surface area (Å²) in [5, 5.41) is 7.73. The van der Waals surface area contributed by atoms with Crippen LogP contribution in [0, 0.1) is 18.8 Å². The molecule has 24 heavy (non-hydrogen) atoms. The molecule has 0 aliphatic heterocycles. The molecule has 1 aromatic carbocycles. The fraction of sp³-hybridized carbons (Fsp3) is 0.0526. The number of aromatic amines is 1. The van der Waals surface area contributed by atoms with Crippen LogP contribution in [-0.2, 0) is 0 Å². The van der Waals surface area contributed by atoms with Crippen LogP contribution in [0.1, 0.15) is 17.0 Å². The maximum atomic E-state index is 4.62. The monoisotopic (exact) mass is 311 g/mol. The Morgan fingerprint density at radius 2 is 1.96 bits per heavy atom. The summed E-state index contributed by atoms with van der Waals surface area (Å²) < 4.78 is 0. The standard InChI is InChI=1S/C19H13N5/c1-13-17-8-9-20-12-18(17)23-19(22-13)15-4-2-3-14(11-15)5-6-16-7-10-21-24-16/h2-4,7-12H,1H3,(H,21,24). The largest absolute Gasteiger partial charge is 0.270 e. The molecule has 3 heterocycles. The fourth-order valence-corrected chi connectivity index (χ4v) is 2.47. The van der Waals surface area contributed by atoms with E-state index >= 15 is 0 Å². The van der Waals surface area contributed by atoms with Crippen molar-refractivity contribution < 1.29 is 0 Å². The minimum atomic E-state index is 0.679. The van der Waals surface area contributed by atoms with Gasteiger partial charge in [0.25, 0.3) is 0 Å². The number of hydrogen-bond acceptors (Lipinski definition) is 4. The molecule has 0 spiro atoms. The van der Waals surface area contributed by atoms with E-state index < -0.39 is 0 Å². The van der Waals surface area contributed by atoms with E-state index in [0.29, 0.717) is 5.82 Å². The van der Waals surface area contributed by atoms with E-state index in [1.165, 1.54) is 0 Å². The highest BCUT2D eigenvalue weighted by molar-refractivity contribution is 5.81. The number of aryl methyl sites for hydroxylation is 1. The Labute approximate surface area is 138 Å². The van der Waals surface area contributed by atoms with Crippen LogP contribution in [0.2, 0.25) is 0 Å². The third-order valence-corrected chi connectivity index (χ3v) is 3.65. The van der Waals surface area contributed by atoms with Crippen LogP contribution in [0.25, 0.3) is 22.3 Å². The molecule has 0 saturated carbocycles. The van der Waals surface area contributed by atoms with Crippen molar-refractivity contribution in [1.82, 2.24) is 25.1 Å². The van der Waals surface area contributed by atoms with E-state index in [2.05, 4.69) is 37.0 Å².